The molecule has 0 saturated carbocycles. The third-order valence-electron chi connectivity index (χ3n) is 2.42. The van der Waals surface area contributed by atoms with Crippen LogP contribution >= 0.6 is 0 Å². The number of hydrogen-bond acceptors (Lipinski definition) is 1. The van der Waals surface area contributed by atoms with E-state index in [2.05, 4.69) is 32.0 Å². The Bertz CT molecular complexity index is 377. The molecular weight excluding hydrogens is 182 g/mol. The maximum Gasteiger partial charge on any atom is 0.0994 e. The molecule has 0 aliphatic rings. The van der Waals surface area contributed by atoms with Gasteiger partial charge in [0.25, 0.3) is 0 Å². The van der Waals surface area contributed by atoms with Crippen LogP contribution < -0.4 is 0 Å². The molecule has 0 aliphatic carbocycles. The quantitative estimate of drug-likeness (QED) is 0.671. The van der Waals surface area contributed by atoms with Crippen molar-refractivity contribution in [3.63, 3.8) is 0 Å². The minimum absolute atomic E-state index is 0.541. The minimum atomic E-state index is 0.541. The zero-order valence-electron chi connectivity index (χ0n) is 9.62. The van der Waals surface area contributed by atoms with E-state index in [-0.39, 0.29) is 0 Å². The van der Waals surface area contributed by atoms with Crippen LogP contribution in [0.15, 0.2) is 30.3 Å². The van der Waals surface area contributed by atoms with Crippen molar-refractivity contribution in [2.75, 3.05) is 0 Å². The van der Waals surface area contributed by atoms with Gasteiger partial charge in [-0.15, -0.1) is 0 Å². The van der Waals surface area contributed by atoms with E-state index in [0.717, 1.165) is 17.6 Å². The third kappa shape index (κ3) is 2.95. The molecule has 0 spiro atoms. The summed E-state index contributed by atoms with van der Waals surface area (Å²) >= 11 is 0. The Labute approximate surface area is 92.1 Å². The summed E-state index contributed by atoms with van der Waals surface area (Å²) in [5, 5.41) is 8.97. The van der Waals surface area contributed by atoms with E-state index < -0.39 is 0 Å². The van der Waals surface area contributed by atoms with Gasteiger partial charge in [0, 0.05) is 0 Å². The smallest absolute Gasteiger partial charge is 0.0994 e. The van der Waals surface area contributed by atoms with Crippen molar-refractivity contribution in [3.8, 4) is 6.07 Å². The Balaban J connectivity index is 2.99. The van der Waals surface area contributed by atoms with E-state index in [0.29, 0.717) is 5.92 Å². The molecule has 15 heavy (non-hydrogen) atoms. The molecule has 1 nitrogen and oxygen atoms in total. The summed E-state index contributed by atoms with van der Waals surface area (Å²) in [7, 11) is 0. The Morgan fingerprint density at radius 2 is 1.93 bits per heavy atom. The van der Waals surface area contributed by atoms with Crippen molar-refractivity contribution in [1.29, 1.82) is 5.26 Å². The van der Waals surface area contributed by atoms with Crippen LogP contribution in [0.4, 0.5) is 0 Å². The van der Waals surface area contributed by atoms with Gasteiger partial charge in [-0.3, -0.25) is 0 Å². The van der Waals surface area contributed by atoms with Crippen LogP contribution in [-0.4, -0.2) is 0 Å². The molecule has 0 saturated heterocycles. The van der Waals surface area contributed by atoms with Gasteiger partial charge < -0.3 is 0 Å². The van der Waals surface area contributed by atoms with Crippen molar-refractivity contribution in [3.05, 3.63) is 41.5 Å². The normalized spacial score (nSPS) is 11.5. The molecule has 78 valence electrons. The van der Waals surface area contributed by atoms with Crippen LogP contribution in [0.1, 0.15) is 44.2 Å². The SMILES string of the molecule is CC/C=C(\C#N)c1ccc(C(C)C)cc1. The molecule has 1 aromatic rings. The number of allylic oxidation sites excluding steroid dienone is 2. The van der Waals surface area contributed by atoms with Crippen LogP contribution in [0, 0.1) is 11.3 Å². The van der Waals surface area contributed by atoms with E-state index in [1.807, 2.05) is 25.1 Å². The van der Waals surface area contributed by atoms with Crippen LogP contribution in [0.25, 0.3) is 5.57 Å². The molecule has 0 heterocycles. The Morgan fingerprint density at radius 3 is 2.33 bits per heavy atom. The monoisotopic (exact) mass is 199 g/mol. The maximum absolute atomic E-state index is 8.97. The summed E-state index contributed by atoms with van der Waals surface area (Å²) in [6.07, 6.45) is 2.86. The first kappa shape index (κ1) is 11.5. The van der Waals surface area contributed by atoms with Crippen molar-refractivity contribution < 1.29 is 0 Å². The Hall–Kier alpha value is -1.55. The zero-order chi connectivity index (χ0) is 11.3. The summed E-state index contributed by atoms with van der Waals surface area (Å²) in [6.45, 7) is 6.38. The molecule has 1 heteroatoms. The van der Waals surface area contributed by atoms with Gasteiger partial charge >= 0.3 is 0 Å². The van der Waals surface area contributed by atoms with E-state index in [4.69, 9.17) is 5.26 Å². The Morgan fingerprint density at radius 1 is 1.33 bits per heavy atom. The number of rotatable bonds is 3. The molecule has 0 radical (unpaired) electrons. The fraction of sp³-hybridized carbons (Fsp3) is 0.357. The standard InChI is InChI=1S/C14H17N/c1-4-5-14(10-15)13-8-6-12(7-9-13)11(2)3/h5-9,11H,4H2,1-3H3/b14-5+. The van der Waals surface area contributed by atoms with E-state index in [1.54, 1.807) is 0 Å². The summed E-state index contributed by atoms with van der Waals surface area (Å²) < 4.78 is 0. The Kier molecular flexibility index (Phi) is 4.12. The van der Waals surface area contributed by atoms with Crippen LogP contribution in [-0.2, 0) is 0 Å². The molecule has 0 N–H and O–H groups in total. The predicted octanol–water partition coefficient (Wildman–Crippen LogP) is 4.13. The number of hydrogen-bond donors (Lipinski definition) is 0. The second-order valence-electron chi connectivity index (χ2n) is 3.91. The highest BCUT2D eigenvalue weighted by Crippen LogP contribution is 2.19. The molecule has 1 rings (SSSR count). The van der Waals surface area contributed by atoms with E-state index >= 15 is 0 Å². The lowest BCUT2D eigenvalue weighted by atomic mass is 9.99. The molecule has 0 aromatic heterocycles. The van der Waals surface area contributed by atoms with Gasteiger partial charge in [0.05, 0.1) is 11.6 Å². The summed E-state index contributed by atoms with van der Waals surface area (Å²) in [4.78, 5) is 0. The fourth-order valence-corrected chi connectivity index (χ4v) is 1.48. The topological polar surface area (TPSA) is 23.8 Å². The number of nitriles is 1. The van der Waals surface area contributed by atoms with Crippen molar-refractivity contribution >= 4 is 5.57 Å². The maximum atomic E-state index is 8.97. The van der Waals surface area contributed by atoms with Crippen LogP contribution in [0.5, 0.6) is 0 Å². The molecule has 0 bridgehead atoms. The largest absolute Gasteiger partial charge is 0.192 e. The van der Waals surface area contributed by atoms with Crippen molar-refractivity contribution in [2.45, 2.75) is 33.1 Å². The fourth-order valence-electron chi connectivity index (χ4n) is 1.48. The van der Waals surface area contributed by atoms with E-state index in [1.165, 1.54) is 5.56 Å². The van der Waals surface area contributed by atoms with Gasteiger partial charge in [-0.1, -0.05) is 51.1 Å². The van der Waals surface area contributed by atoms with Crippen LogP contribution in [0.3, 0.4) is 0 Å². The average Bonchev–Trinajstić information content (AvgIpc) is 2.26. The lowest BCUT2D eigenvalue weighted by molar-refractivity contribution is 0.866. The average molecular weight is 199 g/mol. The number of benzene rings is 1. The van der Waals surface area contributed by atoms with Crippen molar-refractivity contribution in [2.24, 2.45) is 0 Å². The number of nitrogens with zero attached hydrogens (tertiary/aromatic N) is 1. The highest BCUT2D eigenvalue weighted by molar-refractivity contribution is 5.76. The highest BCUT2D eigenvalue weighted by Gasteiger charge is 2.01. The summed E-state index contributed by atoms with van der Waals surface area (Å²) in [5.74, 6) is 0.541. The minimum Gasteiger partial charge on any atom is -0.192 e. The first-order valence-electron chi connectivity index (χ1n) is 5.39. The van der Waals surface area contributed by atoms with Crippen LogP contribution in [0.2, 0.25) is 0 Å². The molecule has 0 unspecified atom stereocenters. The van der Waals surface area contributed by atoms with Gasteiger partial charge in [0.15, 0.2) is 0 Å². The lowest BCUT2D eigenvalue weighted by Gasteiger charge is -2.06. The van der Waals surface area contributed by atoms with Gasteiger partial charge in [-0.25, -0.2) is 0 Å². The third-order valence-corrected chi connectivity index (χ3v) is 2.42. The van der Waals surface area contributed by atoms with Gasteiger partial charge in [-0.2, -0.15) is 5.26 Å². The van der Waals surface area contributed by atoms with Gasteiger partial charge in [-0.05, 0) is 23.5 Å². The van der Waals surface area contributed by atoms with Crippen molar-refractivity contribution in [1.82, 2.24) is 0 Å². The predicted molar refractivity (Wildman–Crippen MR) is 64.4 cm³/mol. The molecular formula is C14H17N. The molecule has 1 aromatic carbocycles. The molecule has 0 amide bonds. The van der Waals surface area contributed by atoms with Gasteiger partial charge in [0.2, 0.25) is 0 Å². The lowest BCUT2D eigenvalue weighted by Crippen LogP contribution is -1.88. The first-order chi connectivity index (χ1) is 7.19. The second kappa shape index (κ2) is 5.36. The summed E-state index contributed by atoms with van der Waals surface area (Å²) in [5.41, 5.74) is 3.10. The second-order valence-corrected chi connectivity index (χ2v) is 3.91. The molecule has 0 fully saturated rings. The van der Waals surface area contributed by atoms with Gasteiger partial charge in [0.1, 0.15) is 0 Å². The zero-order valence-corrected chi connectivity index (χ0v) is 9.62. The molecule has 0 atom stereocenters. The summed E-state index contributed by atoms with van der Waals surface area (Å²) in [6, 6.07) is 10.5. The molecule has 0 aliphatic heterocycles. The van der Waals surface area contributed by atoms with E-state index in [9.17, 15) is 0 Å². The highest BCUT2D eigenvalue weighted by atomic mass is 14.2. The first-order valence-corrected chi connectivity index (χ1v) is 5.39.